The van der Waals surface area contributed by atoms with Crippen LogP contribution in [0.4, 0.5) is 0 Å². The van der Waals surface area contributed by atoms with Crippen molar-refractivity contribution in [1.82, 2.24) is 0 Å². The van der Waals surface area contributed by atoms with Crippen LogP contribution in [-0.2, 0) is 30.4 Å². The number of unbranched alkanes of at least 4 members (excludes halogenated alkanes) is 1. The zero-order valence-corrected chi connectivity index (χ0v) is 14.1. The van der Waals surface area contributed by atoms with Gasteiger partial charge in [0.2, 0.25) is 0 Å². The molecule has 0 saturated carbocycles. The molecule has 0 amide bonds. The minimum absolute atomic E-state index is 0.0869. The van der Waals surface area contributed by atoms with Crippen LogP contribution in [0.5, 0.6) is 0 Å². The van der Waals surface area contributed by atoms with Crippen molar-refractivity contribution < 1.29 is 30.4 Å². The predicted molar refractivity (Wildman–Crippen MR) is 71.6 cm³/mol. The second-order valence-corrected chi connectivity index (χ2v) is 6.50. The SMILES string of the molecule is C=CC(=O)OCC([CH2-])C[CH2-].[CH2-]CC[CH2-].[Cl][Zr][Cl]. The molecule has 1 unspecified atom stereocenters. The quantitative estimate of drug-likeness (QED) is 0.418. The molecule has 0 N–H and O–H groups in total. The van der Waals surface area contributed by atoms with E-state index in [1.165, 1.54) is 0 Å². The topological polar surface area (TPSA) is 26.3 Å². The third kappa shape index (κ3) is 31.5. The van der Waals surface area contributed by atoms with E-state index in [-0.39, 0.29) is 5.92 Å². The number of hydrogen-bond donors (Lipinski definition) is 0. The summed E-state index contributed by atoms with van der Waals surface area (Å²) in [6.07, 6.45) is 3.72. The van der Waals surface area contributed by atoms with Crippen LogP contribution in [0.2, 0.25) is 0 Å². The van der Waals surface area contributed by atoms with E-state index in [0.717, 1.165) is 18.9 Å². The molecule has 17 heavy (non-hydrogen) atoms. The third-order valence-electron chi connectivity index (χ3n) is 1.29. The Morgan fingerprint density at radius 2 is 1.76 bits per heavy atom. The maximum absolute atomic E-state index is 10.4. The van der Waals surface area contributed by atoms with E-state index >= 15 is 0 Å². The van der Waals surface area contributed by atoms with Gasteiger partial charge in [-0.05, 0) is 0 Å². The standard InChI is InChI=1S/C8H12O2.C4H8.2ClH.Zr/c1-4-7(3)6-10-8(9)5-2;1-3-4-2;;;/h5,7H,1-4,6H2;1-4H2;2*1H;/q2*-2;;;+2/p-2. The molecule has 0 heterocycles. The summed E-state index contributed by atoms with van der Waals surface area (Å²) in [5.41, 5.74) is 0. The van der Waals surface area contributed by atoms with Crippen LogP contribution in [0.3, 0.4) is 0 Å². The van der Waals surface area contributed by atoms with E-state index in [9.17, 15) is 4.79 Å². The zero-order chi connectivity index (χ0) is 14.1. The number of carbonyl (C=O) groups excluding carboxylic acids is 1. The van der Waals surface area contributed by atoms with Crippen LogP contribution < -0.4 is 0 Å². The first-order valence-corrected chi connectivity index (χ1v) is 11.3. The van der Waals surface area contributed by atoms with Gasteiger partial charge in [-0.1, -0.05) is 6.58 Å². The number of ether oxygens (including phenoxy) is 1. The second kappa shape index (κ2) is 21.9. The molecule has 1 atom stereocenters. The average Bonchev–Trinajstić information content (AvgIpc) is 2.36. The van der Waals surface area contributed by atoms with Crippen LogP contribution in [0.15, 0.2) is 12.7 Å². The normalized spacial score (nSPS) is 9.76. The zero-order valence-electron chi connectivity index (χ0n) is 10.1. The van der Waals surface area contributed by atoms with Gasteiger partial charge in [-0.2, -0.15) is 5.92 Å². The molecule has 0 bridgehead atoms. The molecule has 0 spiro atoms. The van der Waals surface area contributed by atoms with Crippen molar-refractivity contribution in [3.8, 4) is 0 Å². The summed E-state index contributed by atoms with van der Waals surface area (Å²) >= 11 is -0.826. The first-order valence-electron chi connectivity index (χ1n) is 5.00. The molecule has 0 aromatic heterocycles. The van der Waals surface area contributed by atoms with Crippen molar-refractivity contribution in [1.29, 1.82) is 0 Å². The molecule has 0 aliphatic carbocycles. The van der Waals surface area contributed by atoms with Gasteiger partial charge in [-0.15, -0.1) is 0 Å². The second-order valence-electron chi connectivity index (χ2n) is 2.77. The van der Waals surface area contributed by atoms with E-state index in [1.807, 2.05) is 0 Å². The van der Waals surface area contributed by atoms with Gasteiger partial charge in [0.15, 0.2) is 0 Å². The van der Waals surface area contributed by atoms with Gasteiger partial charge < -0.3 is 32.4 Å². The van der Waals surface area contributed by atoms with Crippen molar-refractivity contribution in [3.63, 3.8) is 0 Å². The molecule has 5 heteroatoms. The van der Waals surface area contributed by atoms with Gasteiger partial charge in [-0.3, -0.25) is 0 Å². The fraction of sp³-hybridized carbons (Fsp3) is 0.417. The van der Waals surface area contributed by atoms with Gasteiger partial charge in [-0.25, -0.2) is 24.1 Å². The van der Waals surface area contributed by atoms with Crippen LogP contribution in [0.1, 0.15) is 19.3 Å². The van der Waals surface area contributed by atoms with Gasteiger partial charge in [0, 0.05) is 6.08 Å². The predicted octanol–water partition coefficient (Wildman–Crippen LogP) is 4.20. The Morgan fingerprint density at radius 3 is 2.00 bits per heavy atom. The maximum atomic E-state index is 10.4. The number of halogens is 2. The van der Waals surface area contributed by atoms with E-state index in [0.29, 0.717) is 13.0 Å². The summed E-state index contributed by atoms with van der Waals surface area (Å²) in [5, 5.41) is 0. The van der Waals surface area contributed by atoms with Crippen molar-refractivity contribution in [2.45, 2.75) is 19.3 Å². The van der Waals surface area contributed by atoms with Crippen LogP contribution >= 0.6 is 17.0 Å². The summed E-state index contributed by atoms with van der Waals surface area (Å²) in [6.45, 7) is 18.0. The Morgan fingerprint density at radius 1 is 1.35 bits per heavy atom. The summed E-state index contributed by atoms with van der Waals surface area (Å²) in [4.78, 5) is 10.4. The van der Waals surface area contributed by atoms with Crippen LogP contribution in [0.25, 0.3) is 0 Å². The Kier molecular flexibility index (Phi) is 29.4. The molecule has 0 saturated heterocycles. The van der Waals surface area contributed by atoms with Gasteiger partial charge >= 0.3 is 43.8 Å². The Hall–Kier alpha value is 0.673. The molecule has 2 nitrogen and oxygen atoms in total. The van der Waals surface area contributed by atoms with Gasteiger partial charge in [0.05, 0.1) is 6.61 Å². The van der Waals surface area contributed by atoms with Crippen LogP contribution in [0, 0.1) is 33.6 Å². The Bertz CT molecular complexity index is 165. The molecule has 0 aromatic carbocycles. The summed E-state index contributed by atoms with van der Waals surface area (Å²) in [5.74, 6) is -0.314. The van der Waals surface area contributed by atoms with Gasteiger partial charge in [0.25, 0.3) is 0 Å². The molecule has 0 aromatic rings. The summed E-state index contributed by atoms with van der Waals surface area (Å²) in [7, 11) is 9.87. The molecule has 0 rings (SSSR count). The molecular weight excluding hydrogens is 338 g/mol. The number of rotatable bonds is 5. The molecule has 0 aliphatic rings. The Balaban J connectivity index is -0.000000232. The van der Waals surface area contributed by atoms with Crippen molar-refractivity contribution in [2.24, 2.45) is 5.92 Å². The molecule has 0 radical (unpaired) electrons. The minimum atomic E-state index is -0.826. The van der Waals surface area contributed by atoms with Gasteiger partial charge in [0.1, 0.15) is 0 Å². The fourth-order valence-corrected chi connectivity index (χ4v) is 0.342. The monoisotopic (exact) mass is 356 g/mol. The first kappa shape index (κ1) is 22.8. The number of esters is 1. The molecular formula is C12H20Cl2O2Zr-4. The van der Waals surface area contributed by atoms with Crippen molar-refractivity contribution in [2.75, 3.05) is 6.61 Å². The Labute approximate surface area is 125 Å². The van der Waals surface area contributed by atoms with Crippen LogP contribution in [-0.4, -0.2) is 12.6 Å². The molecule has 0 aliphatic heterocycles. The first-order chi connectivity index (χ1) is 8.03. The molecule has 0 fully saturated rings. The number of hydrogen-bond acceptors (Lipinski definition) is 2. The van der Waals surface area contributed by atoms with E-state index < -0.39 is 26.8 Å². The van der Waals surface area contributed by atoms with Crippen molar-refractivity contribution >= 4 is 23.0 Å². The van der Waals surface area contributed by atoms with Crippen molar-refractivity contribution in [3.05, 3.63) is 40.3 Å². The van der Waals surface area contributed by atoms with E-state index in [2.05, 4.69) is 39.0 Å². The summed E-state index contributed by atoms with van der Waals surface area (Å²) < 4.78 is 4.68. The number of carbonyl (C=O) groups is 1. The average molecular weight is 358 g/mol. The summed E-state index contributed by atoms with van der Waals surface area (Å²) in [6, 6.07) is 0. The van der Waals surface area contributed by atoms with E-state index in [1.54, 1.807) is 0 Å². The fourth-order valence-electron chi connectivity index (χ4n) is 0.342. The van der Waals surface area contributed by atoms with E-state index in [4.69, 9.17) is 17.0 Å². The molecule has 102 valence electrons. The third-order valence-corrected chi connectivity index (χ3v) is 1.29.